The number of benzene rings is 2. The molecule has 0 spiro atoms. The van der Waals surface area contributed by atoms with Crippen LogP contribution >= 0.6 is 35.3 Å². The van der Waals surface area contributed by atoms with Crippen LogP contribution in [0.4, 0.5) is 11.4 Å². The summed E-state index contributed by atoms with van der Waals surface area (Å²) in [6.07, 6.45) is 1.63. The van der Waals surface area contributed by atoms with Crippen molar-refractivity contribution in [3.8, 4) is 0 Å². The Kier molecular flexibility index (Phi) is 8.08. The number of carbonyl (C=O) groups excluding carboxylic acids is 1. The number of nitrogens with one attached hydrogen (secondary N) is 2. The summed E-state index contributed by atoms with van der Waals surface area (Å²) in [5.41, 5.74) is 0.747. The SMILES string of the molecule is CCN(c1ccccc1)S(=O)(=O)c1ccc(Cl)c(NC(=O)Cn2ccsc2=N)c1.Cl. The lowest BCUT2D eigenvalue weighted by atomic mass is 10.3. The monoisotopic (exact) mass is 486 g/mol. The zero-order valence-corrected chi connectivity index (χ0v) is 19.1. The second kappa shape index (κ2) is 10.1. The van der Waals surface area contributed by atoms with E-state index in [1.165, 1.54) is 38.4 Å². The van der Waals surface area contributed by atoms with Crippen molar-refractivity contribution in [2.45, 2.75) is 18.4 Å². The number of aromatic nitrogens is 1. The molecule has 1 aromatic heterocycles. The largest absolute Gasteiger partial charge is 0.323 e. The molecule has 2 N–H and O–H groups in total. The van der Waals surface area contributed by atoms with Crippen molar-refractivity contribution in [2.24, 2.45) is 0 Å². The van der Waals surface area contributed by atoms with Gasteiger partial charge < -0.3 is 9.88 Å². The Bertz CT molecular complexity index is 1180. The number of carbonyl (C=O) groups is 1. The molecule has 0 radical (unpaired) electrons. The van der Waals surface area contributed by atoms with Crippen LogP contribution in [-0.4, -0.2) is 25.4 Å². The Morgan fingerprint density at radius 1 is 1.23 bits per heavy atom. The van der Waals surface area contributed by atoms with Crippen LogP contribution in [0.3, 0.4) is 0 Å². The van der Waals surface area contributed by atoms with Gasteiger partial charge >= 0.3 is 0 Å². The summed E-state index contributed by atoms with van der Waals surface area (Å²) in [6, 6.07) is 13.0. The first-order valence-electron chi connectivity index (χ1n) is 8.68. The molecule has 3 rings (SSSR count). The van der Waals surface area contributed by atoms with Gasteiger partial charge in [-0.15, -0.1) is 23.7 Å². The van der Waals surface area contributed by atoms with Gasteiger partial charge in [0.15, 0.2) is 4.80 Å². The first-order valence-corrected chi connectivity index (χ1v) is 11.4. The summed E-state index contributed by atoms with van der Waals surface area (Å²) in [5.74, 6) is -0.409. The fraction of sp³-hybridized carbons (Fsp3) is 0.158. The standard InChI is InChI=1S/C19H19ClN4O3S2.ClH/c1-2-24(14-6-4-3-5-7-14)29(26,27)15-8-9-16(20)17(12-15)22-18(25)13-23-10-11-28-19(23)21;/h3-12,21H,2,13H2,1H3,(H,22,25);1H. The Labute approximate surface area is 189 Å². The van der Waals surface area contributed by atoms with Gasteiger partial charge in [0.25, 0.3) is 10.0 Å². The van der Waals surface area contributed by atoms with Crippen molar-refractivity contribution in [3.05, 3.63) is 69.9 Å². The average Bonchev–Trinajstić information content (AvgIpc) is 3.09. The minimum Gasteiger partial charge on any atom is -0.323 e. The van der Waals surface area contributed by atoms with Crippen LogP contribution in [-0.2, 0) is 21.4 Å². The second-order valence-electron chi connectivity index (χ2n) is 6.03. The highest BCUT2D eigenvalue weighted by Gasteiger charge is 2.24. The number of amides is 1. The maximum Gasteiger partial charge on any atom is 0.264 e. The van der Waals surface area contributed by atoms with Crippen LogP contribution in [0, 0.1) is 5.41 Å². The third-order valence-electron chi connectivity index (χ3n) is 4.13. The van der Waals surface area contributed by atoms with Crippen LogP contribution < -0.4 is 14.4 Å². The summed E-state index contributed by atoms with van der Waals surface area (Å²) >= 11 is 7.37. The van der Waals surface area contributed by atoms with Gasteiger partial charge in [-0.25, -0.2) is 8.42 Å². The summed E-state index contributed by atoms with van der Waals surface area (Å²) < 4.78 is 29.1. The van der Waals surface area contributed by atoms with Gasteiger partial charge in [-0.05, 0) is 37.3 Å². The zero-order valence-electron chi connectivity index (χ0n) is 15.9. The third-order valence-corrected chi connectivity index (χ3v) is 7.07. The number of nitrogens with zero attached hydrogens (tertiary/aromatic N) is 2. The molecule has 0 saturated heterocycles. The molecule has 160 valence electrons. The molecule has 1 heterocycles. The molecule has 0 unspecified atom stereocenters. The highest BCUT2D eigenvalue weighted by Crippen LogP contribution is 2.29. The van der Waals surface area contributed by atoms with Gasteiger partial charge in [-0.3, -0.25) is 14.5 Å². The number of hydrogen-bond acceptors (Lipinski definition) is 5. The van der Waals surface area contributed by atoms with E-state index in [1.54, 1.807) is 42.8 Å². The predicted molar refractivity (Wildman–Crippen MR) is 122 cm³/mol. The fourth-order valence-corrected chi connectivity index (χ4v) is 5.01. The van der Waals surface area contributed by atoms with Gasteiger partial charge in [0, 0.05) is 18.1 Å². The topological polar surface area (TPSA) is 95.3 Å². The van der Waals surface area contributed by atoms with Crippen molar-refractivity contribution >= 4 is 62.7 Å². The van der Waals surface area contributed by atoms with E-state index in [2.05, 4.69) is 5.32 Å². The molecule has 0 bridgehead atoms. The molecule has 1 amide bonds. The summed E-state index contributed by atoms with van der Waals surface area (Å²) in [7, 11) is -3.85. The normalized spacial score (nSPS) is 10.9. The molecule has 0 aliphatic heterocycles. The quantitative estimate of drug-likeness (QED) is 0.528. The highest BCUT2D eigenvalue weighted by atomic mass is 35.5. The summed E-state index contributed by atoms with van der Waals surface area (Å²) in [4.78, 5) is 12.6. The van der Waals surface area contributed by atoms with Gasteiger partial charge in [0.2, 0.25) is 5.91 Å². The second-order valence-corrected chi connectivity index (χ2v) is 9.20. The van der Waals surface area contributed by atoms with Crippen molar-refractivity contribution in [1.82, 2.24) is 4.57 Å². The maximum atomic E-state index is 13.2. The molecular formula is C19H20Cl2N4O3S2. The van der Waals surface area contributed by atoms with Gasteiger partial charge in [-0.1, -0.05) is 29.8 Å². The maximum absolute atomic E-state index is 13.2. The number of anilines is 2. The van der Waals surface area contributed by atoms with Crippen LogP contribution in [0.5, 0.6) is 0 Å². The highest BCUT2D eigenvalue weighted by molar-refractivity contribution is 7.92. The lowest BCUT2D eigenvalue weighted by Crippen LogP contribution is -2.31. The molecule has 0 fully saturated rings. The Morgan fingerprint density at radius 2 is 1.93 bits per heavy atom. The van der Waals surface area contributed by atoms with E-state index >= 15 is 0 Å². The van der Waals surface area contributed by atoms with Gasteiger partial charge in [0.05, 0.1) is 21.3 Å². The predicted octanol–water partition coefficient (Wildman–Crippen LogP) is 3.96. The van der Waals surface area contributed by atoms with Gasteiger partial charge in [-0.2, -0.15) is 0 Å². The molecule has 0 saturated carbocycles. The van der Waals surface area contributed by atoms with Crippen LogP contribution in [0.1, 0.15) is 6.92 Å². The minimum atomic E-state index is -3.85. The van der Waals surface area contributed by atoms with Crippen LogP contribution in [0.15, 0.2) is 65.0 Å². The molecular weight excluding hydrogens is 467 g/mol. The van der Waals surface area contributed by atoms with E-state index < -0.39 is 15.9 Å². The summed E-state index contributed by atoms with van der Waals surface area (Å²) in [6.45, 7) is 1.93. The van der Waals surface area contributed by atoms with Crippen LogP contribution in [0.2, 0.25) is 5.02 Å². The molecule has 0 atom stereocenters. The number of sulfonamides is 1. The van der Waals surface area contributed by atoms with E-state index in [-0.39, 0.29) is 45.9 Å². The molecule has 11 heteroatoms. The molecule has 2 aromatic carbocycles. The average molecular weight is 487 g/mol. The minimum absolute atomic E-state index is 0. The van der Waals surface area contributed by atoms with Crippen molar-refractivity contribution in [1.29, 1.82) is 5.41 Å². The van der Waals surface area contributed by atoms with E-state index in [1.807, 2.05) is 6.07 Å². The van der Waals surface area contributed by atoms with E-state index in [4.69, 9.17) is 17.0 Å². The Balaban J connectivity index is 0.00000320. The number of halogens is 2. The molecule has 30 heavy (non-hydrogen) atoms. The van der Waals surface area contributed by atoms with E-state index in [9.17, 15) is 13.2 Å². The van der Waals surface area contributed by atoms with E-state index in [0.29, 0.717) is 5.69 Å². The Hall–Kier alpha value is -2.33. The zero-order chi connectivity index (χ0) is 21.0. The number of thiazole rings is 1. The summed E-state index contributed by atoms with van der Waals surface area (Å²) in [5, 5.41) is 12.3. The van der Waals surface area contributed by atoms with E-state index in [0.717, 1.165) is 0 Å². The number of rotatable bonds is 7. The van der Waals surface area contributed by atoms with Crippen molar-refractivity contribution in [3.63, 3.8) is 0 Å². The third kappa shape index (κ3) is 5.23. The molecule has 0 aliphatic rings. The molecule has 3 aromatic rings. The van der Waals surface area contributed by atoms with Gasteiger partial charge in [0.1, 0.15) is 6.54 Å². The van der Waals surface area contributed by atoms with Crippen LogP contribution in [0.25, 0.3) is 0 Å². The lowest BCUT2D eigenvalue weighted by Gasteiger charge is -2.23. The molecule has 0 aliphatic carbocycles. The first kappa shape index (κ1) is 23.9. The molecule has 7 nitrogen and oxygen atoms in total. The van der Waals surface area contributed by atoms with Crippen molar-refractivity contribution in [2.75, 3.05) is 16.2 Å². The Morgan fingerprint density at radius 3 is 2.53 bits per heavy atom. The number of hydrogen-bond donors (Lipinski definition) is 2. The first-order chi connectivity index (χ1) is 13.8. The smallest absolute Gasteiger partial charge is 0.264 e. The lowest BCUT2D eigenvalue weighted by molar-refractivity contribution is -0.116. The fourth-order valence-electron chi connectivity index (χ4n) is 2.75. The van der Waals surface area contributed by atoms with Crippen molar-refractivity contribution < 1.29 is 13.2 Å². The number of para-hydroxylation sites is 1.